The average Bonchev–Trinajstić information content (AvgIpc) is 3.51. The number of sulfone groups is 1. The summed E-state index contributed by atoms with van der Waals surface area (Å²) in [6.45, 7) is 0.325. The van der Waals surface area contributed by atoms with E-state index in [1.165, 1.54) is 35.2 Å². The lowest BCUT2D eigenvalue weighted by atomic mass is 9.99. The highest BCUT2D eigenvalue weighted by atomic mass is 32.2. The number of nitrogens with one attached hydrogen (secondary N) is 1. The van der Waals surface area contributed by atoms with Crippen LogP contribution in [-0.2, 0) is 14.6 Å². The second-order valence-electron chi connectivity index (χ2n) is 8.86. The molecule has 182 valence electrons. The molecule has 2 atom stereocenters. The van der Waals surface area contributed by atoms with E-state index in [0.717, 1.165) is 31.2 Å². The summed E-state index contributed by atoms with van der Waals surface area (Å²) in [6, 6.07) is 7.43. The Bertz CT molecular complexity index is 1210. The molecule has 1 aliphatic carbocycles. The van der Waals surface area contributed by atoms with Crippen molar-refractivity contribution >= 4 is 21.7 Å². The van der Waals surface area contributed by atoms with Crippen LogP contribution < -0.4 is 5.32 Å². The summed E-state index contributed by atoms with van der Waals surface area (Å²) < 4.78 is 64.2. The molecule has 1 heterocycles. The molecular formula is C24H25F3N2O4S. The maximum absolute atomic E-state index is 14.6. The first-order valence-corrected chi connectivity index (χ1v) is 12.9. The van der Waals surface area contributed by atoms with Crippen LogP contribution in [0.4, 0.5) is 13.2 Å². The van der Waals surface area contributed by atoms with Crippen molar-refractivity contribution in [3.8, 4) is 0 Å². The number of halogens is 3. The molecule has 0 bridgehead atoms. The zero-order valence-corrected chi connectivity index (χ0v) is 19.3. The minimum Gasteiger partial charge on any atom is -0.347 e. The van der Waals surface area contributed by atoms with Crippen molar-refractivity contribution < 1.29 is 31.2 Å². The van der Waals surface area contributed by atoms with Gasteiger partial charge in [-0.2, -0.15) is 0 Å². The van der Waals surface area contributed by atoms with Gasteiger partial charge in [-0.3, -0.25) is 9.59 Å². The molecule has 6 nitrogen and oxygen atoms in total. The number of likely N-dealkylation sites (tertiary alicyclic amines) is 1. The van der Waals surface area contributed by atoms with Gasteiger partial charge < -0.3 is 10.2 Å². The normalized spacial score (nSPS) is 19.3. The fourth-order valence-corrected chi connectivity index (χ4v) is 5.03. The highest BCUT2D eigenvalue weighted by Crippen LogP contribution is 2.42. The van der Waals surface area contributed by atoms with Crippen LogP contribution in [0, 0.1) is 11.7 Å². The third kappa shape index (κ3) is 5.11. The van der Waals surface area contributed by atoms with E-state index in [1.807, 2.05) is 0 Å². The van der Waals surface area contributed by atoms with Crippen molar-refractivity contribution in [2.75, 3.05) is 12.8 Å². The largest absolute Gasteiger partial charge is 0.347 e. The lowest BCUT2D eigenvalue weighted by molar-refractivity contribution is -0.125. The Labute approximate surface area is 196 Å². The standard InChI is InChI=1S/C24H25F3N2O4S/c1-34(32,33)17-5-2-4-16(12-17)24(31)29-11-3-6-20(29)23(30)28-21(14-7-8-14)18-10-9-15(22(26)27)13-19(18)25/h2,4-5,9-10,12-14,20-22H,3,6-8,11H2,1H3,(H,28,30)/t20-,21-/m1/s1. The monoisotopic (exact) mass is 494 g/mol. The first-order valence-electron chi connectivity index (χ1n) is 11.0. The SMILES string of the molecule is CS(=O)(=O)c1cccc(C(=O)N2CCC[C@@H]2C(=O)N[C@@H](c2ccc(C(F)F)cc2F)C2CC2)c1. The van der Waals surface area contributed by atoms with E-state index < -0.39 is 51.5 Å². The number of alkyl halides is 2. The van der Waals surface area contributed by atoms with Crippen molar-refractivity contribution in [3.63, 3.8) is 0 Å². The molecule has 2 amide bonds. The molecule has 1 aliphatic heterocycles. The Morgan fingerprint density at radius 3 is 2.44 bits per heavy atom. The number of hydrogen-bond donors (Lipinski definition) is 1. The van der Waals surface area contributed by atoms with Crippen LogP contribution in [0.3, 0.4) is 0 Å². The second kappa shape index (κ2) is 9.40. The predicted molar refractivity (Wildman–Crippen MR) is 119 cm³/mol. The fourth-order valence-electron chi connectivity index (χ4n) is 4.37. The van der Waals surface area contributed by atoms with Gasteiger partial charge in [0.2, 0.25) is 5.91 Å². The van der Waals surface area contributed by atoms with Crippen molar-refractivity contribution in [3.05, 3.63) is 65.0 Å². The van der Waals surface area contributed by atoms with Crippen LogP contribution in [0.5, 0.6) is 0 Å². The van der Waals surface area contributed by atoms with E-state index in [9.17, 15) is 31.2 Å². The molecular weight excluding hydrogens is 469 g/mol. The van der Waals surface area contributed by atoms with Gasteiger partial charge in [0.05, 0.1) is 10.9 Å². The quantitative estimate of drug-likeness (QED) is 0.630. The Morgan fingerprint density at radius 2 is 1.82 bits per heavy atom. The maximum Gasteiger partial charge on any atom is 0.263 e. The predicted octanol–water partition coefficient (Wildman–Crippen LogP) is 4.04. The molecule has 1 N–H and O–H groups in total. The van der Waals surface area contributed by atoms with Crippen molar-refractivity contribution in [1.82, 2.24) is 10.2 Å². The van der Waals surface area contributed by atoms with Gasteiger partial charge in [0.25, 0.3) is 12.3 Å². The number of carbonyl (C=O) groups excluding carboxylic acids is 2. The van der Waals surface area contributed by atoms with Gasteiger partial charge in [0, 0.05) is 29.5 Å². The summed E-state index contributed by atoms with van der Waals surface area (Å²) in [7, 11) is -3.51. The van der Waals surface area contributed by atoms with E-state index >= 15 is 0 Å². The second-order valence-corrected chi connectivity index (χ2v) is 10.9. The Balaban J connectivity index is 1.53. The first kappa shape index (κ1) is 24.3. The molecule has 0 unspecified atom stereocenters. The minimum atomic E-state index is -3.51. The zero-order chi connectivity index (χ0) is 24.6. The zero-order valence-electron chi connectivity index (χ0n) is 18.5. The molecule has 4 rings (SSSR count). The molecule has 0 radical (unpaired) electrons. The van der Waals surface area contributed by atoms with Crippen LogP contribution in [0.1, 0.15) is 59.6 Å². The van der Waals surface area contributed by atoms with Gasteiger partial charge in [-0.1, -0.05) is 18.2 Å². The lowest BCUT2D eigenvalue weighted by Crippen LogP contribution is -2.47. The third-order valence-electron chi connectivity index (χ3n) is 6.33. The van der Waals surface area contributed by atoms with Crippen molar-refractivity contribution in [2.24, 2.45) is 5.92 Å². The van der Waals surface area contributed by atoms with Gasteiger partial charge in [-0.05, 0) is 55.9 Å². The van der Waals surface area contributed by atoms with Crippen LogP contribution >= 0.6 is 0 Å². The van der Waals surface area contributed by atoms with Gasteiger partial charge >= 0.3 is 0 Å². The number of hydrogen-bond acceptors (Lipinski definition) is 4. The molecule has 10 heteroatoms. The van der Waals surface area contributed by atoms with Crippen LogP contribution in [0.25, 0.3) is 0 Å². The summed E-state index contributed by atoms with van der Waals surface area (Å²) >= 11 is 0. The van der Waals surface area contributed by atoms with E-state index in [2.05, 4.69) is 5.32 Å². The maximum atomic E-state index is 14.6. The molecule has 0 spiro atoms. The number of amides is 2. The van der Waals surface area contributed by atoms with Crippen molar-refractivity contribution in [1.29, 1.82) is 0 Å². The minimum absolute atomic E-state index is 0.00662. The molecule has 1 saturated carbocycles. The summed E-state index contributed by atoms with van der Waals surface area (Å²) in [5.74, 6) is -1.71. The van der Waals surface area contributed by atoms with Gasteiger partial charge in [-0.15, -0.1) is 0 Å². The Kier molecular flexibility index (Phi) is 6.71. The smallest absolute Gasteiger partial charge is 0.263 e. The van der Waals surface area contributed by atoms with E-state index in [-0.39, 0.29) is 21.9 Å². The van der Waals surface area contributed by atoms with Crippen molar-refractivity contribution in [2.45, 2.75) is 49.1 Å². The molecule has 1 saturated heterocycles. The number of nitrogens with zero attached hydrogens (tertiary/aromatic N) is 1. The van der Waals surface area contributed by atoms with Gasteiger partial charge in [0.15, 0.2) is 9.84 Å². The van der Waals surface area contributed by atoms with Crippen LogP contribution in [0.2, 0.25) is 0 Å². The average molecular weight is 495 g/mol. The highest BCUT2D eigenvalue weighted by molar-refractivity contribution is 7.90. The van der Waals surface area contributed by atoms with E-state index in [0.29, 0.717) is 19.4 Å². The molecule has 2 aromatic rings. The number of rotatable bonds is 7. The lowest BCUT2D eigenvalue weighted by Gasteiger charge is -2.27. The summed E-state index contributed by atoms with van der Waals surface area (Å²) in [4.78, 5) is 27.7. The van der Waals surface area contributed by atoms with Crippen LogP contribution in [-0.4, -0.2) is 44.0 Å². The molecule has 2 aliphatic rings. The van der Waals surface area contributed by atoms with Gasteiger partial charge in [-0.25, -0.2) is 21.6 Å². The van der Waals surface area contributed by atoms with Gasteiger partial charge in [0.1, 0.15) is 11.9 Å². The number of benzene rings is 2. The third-order valence-corrected chi connectivity index (χ3v) is 7.44. The Hall–Kier alpha value is -2.88. The summed E-state index contributed by atoms with van der Waals surface area (Å²) in [5.41, 5.74) is -0.113. The highest BCUT2D eigenvalue weighted by Gasteiger charge is 2.40. The molecule has 34 heavy (non-hydrogen) atoms. The first-order chi connectivity index (χ1) is 16.1. The van der Waals surface area contributed by atoms with E-state index in [1.54, 1.807) is 0 Å². The molecule has 2 aromatic carbocycles. The Morgan fingerprint density at radius 1 is 1.09 bits per heavy atom. The van der Waals surface area contributed by atoms with Crippen LogP contribution in [0.15, 0.2) is 47.4 Å². The fraction of sp³-hybridized carbons (Fsp3) is 0.417. The summed E-state index contributed by atoms with van der Waals surface area (Å²) in [5, 5.41) is 2.84. The summed E-state index contributed by atoms with van der Waals surface area (Å²) in [6.07, 6.45) is 0.790. The molecule has 0 aromatic heterocycles. The topological polar surface area (TPSA) is 83.6 Å². The van der Waals surface area contributed by atoms with E-state index in [4.69, 9.17) is 0 Å². The number of carbonyl (C=O) groups is 2. The molecule has 2 fully saturated rings.